The van der Waals surface area contributed by atoms with Crippen molar-refractivity contribution < 1.29 is 23.5 Å². The molecule has 1 spiro atoms. The van der Waals surface area contributed by atoms with Gasteiger partial charge < -0.3 is 14.6 Å². The minimum Gasteiger partial charge on any atom is -0.376 e. The van der Waals surface area contributed by atoms with Gasteiger partial charge >= 0.3 is 6.03 Å². The smallest absolute Gasteiger partial charge is 0.325 e. The first-order chi connectivity index (χ1) is 15.8. The molecule has 0 saturated carbocycles. The van der Waals surface area contributed by atoms with E-state index in [-0.39, 0.29) is 18.4 Å². The molecule has 1 aromatic carbocycles. The second-order valence-corrected chi connectivity index (χ2v) is 10.1. The summed E-state index contributed by atoms with van der Waals surface area (Å²) in [6, 6.07) is 5.47. The van der Waals surface area contributed by atoms with Crippen molar-refractivity contribution >= 4 is 29.5 Å². The molecular weight excluding hydrogens is 445 g/mol. The predicted molar refractivity (Wildman–Crippen MR) is 121 cm³/mol. The van der Waals surface area contributed by atoms with Gasteiger partial charge in [-0.25, -0.2) is 9.18 Å². The van der Waals surface area contributed by atoms with Crippen LogP contribution in [0.1, 0.15) is 46.6 Å². The number of amides is 3. The van der Waals surface area contributed by atoms with E-state index < -0.39 is 23.3 Å². The number of hydrogen-bond acceptors (Lipinski definition) is 5. The molecule has 2 fully saturated rings. The summed E-state index contributed by atoms with van der Waals surface area (Å²) in [7, 11) is 0. The first-order valence-electron chi connectivity index (χ1n) is 11.2. The molecule has 0 bridgehead atoms. The first-order valence-corrected chi connectivity index (χ1v) is 12.2. The lowest BCUT2D eigenvalue weighted by Gasteiger charge is -2.32. The summed E-state index contributed by atoms with van der Waals surface area (Å²) in [5, 5.41) is 2.77. The number of rotatable bonds is 5. The number of thioether (sulfide) groups is 1. The van der Waals surface area contributed by atoms with Crippen LogP contribution in [-0.2, 0) is 21.6 Å². The van der Waals surface area contributed by atoms with Gasteiger partial charge in [-0.3, -0.25) is 14.5 Å². The summed E-state index contributed by atoms with van der Waals surface area (Å²) in [4.78, 5) is 41.2. The number of carbonyl (C=O) groups excluding carboxylic acids is 3. The number of nitrogens with one attached hydrogen (secondary N) is 1. The van der Waals surface area contributed by atoms with Gasteiger partial charge in [0.15, 0.2) is 5.78 Å². The zero-order chi connectivity index (χ0) is 23.3. The van der Waals surface area contributed by atoms with Gasteiger partial charge in [-0.2, -0.15) is 0 Å². The number of benzene rings is 1. The number of aryl methyl sites for hydroxylation is 1. The SMILES string of the molecule is Cc1cc(C(=O)CN2C(=O)N[C@]3(CCSc4ccc(F)cc43)C2=O)c(C)n1C[C@@H]1CCCO1. The van der Waals surface area contributed by atoms with Crippen molar-refractivity contribution in [2.24, 2.45) is 0 Å². The summed E-state index contributed by atoms with van der Waals surface area (Å²) in [6.45, 7) is 4.90. The van der Waals surface area contributed by atoms with Crippen LogP contribution in [-0.4, -0.2) is 52.2 Å². The number of carbonyl (C=O) groups is 3. The third-order valence-corrected chi connectivity index (χ3v) is 7.97. The Labute approximate surface area is 195 Å². The topological polar surface area (TPSA) is 80.6 Å². The molecule has 4 heterocycles. The molecule has 7 nitrogen and oxygen atoms in total. The fraction of sp³-hybridized carbons (Fsp3) is 0.458. The lowest BCUT2D eigenvalue weighted by molar-refractivity contribution is -0.131. The van der Waals surface area contributed by atoms with Crippen LogP contribution in [0.5, 0.6) is 0 Å². The average Bonchev–Trinajstić information content (AvgIpc) is 3.46. The molecule has 9 heteroatoms. The van der Waals surface area contributed by atoms with Crippen molar-refractivity contribution in [3.63, 3.8) is 0 Å². The number of imide groups is 1. The summed E-state index contributed by atoms with van der Waals surface area (Å²) in [5.74, 6) is -0.657. The highest BCUT2D eigenvalue weighted by molar-refractivity contribution is 7.99. The molecule has 3 aliphatic heterocycles. The molecule has 174 valence electrons. The van der Waals surface area contributed by atoms with Crippen LogP contribution in [0.4, 0.5) is 9.18 Å². The van der Waals surface area contributed by atoms with Crippen molar-refractivity contribution in [3.05, 3.63) is 52.6 Å². The Hall–Kier alpha value is -2.65. The van der Waals surface area contributed by atoms with Gasteiger partial charge in [0, 0.05) is 46.3 Å². The van der Waals surface area contributed by atoms with E-state index in [9.17, 15) is 18.8 Å². The number of aromatic nitrogens is 1. The second kappa shape index (κ2) is 8.29. The van der Waals surface area contributed by atoms with Crippen LogP contribution in [0.3, 0.4) is 0 Å². The van der Waals surface area contributed by atoms with Crippen LogP contribution in [0.15, 0.2) is 29.2 Å². The van der Waals surface area contributed by atoms with Crippen LogP contribution < -0.4 is 5.32 Å². The highest BCUT2D eigenvalue weighted by Gasteiger charge is 2.54. The molecule has 5 rings (SSSR count). The van der Waals surface area contributed by atoms with Gasteiger partial charge in [-0.15, -0.1) is 11.8 Å². The highest BCUT2D eigenvalue weighted by Crippen LogP contribution is 2.44. The van der Waals surface area contributed by atoms with Crippen molar-refractivity contribution in [1.82, 2.24) is 14.8 Å². The van der Waals surface area contributed by atoms with Crippen molar-refractivity contribution in [3.8, 4) is 0 Å². The van der Waals surface area contributed by atoms with Gasteiger partial charge in [-0.1, -0.05) is 0 Å². The Morgan fingerprint density at radius 3 is 2.88 bits per heavy atom. The van der Waals surface area contributed by atoms with Crippen molar-refractivity contribution in [2.75, 3.05) is 18.9 Å². The molecule has 0 aliphatic carbocycles. The quantitative estimate of drug-likeness (QED) is 0.533. The molecule has 2 aromatic rings. The Bertz CT molecular complexity index is 1160. The van der Waals surface area contributed by atoms with E-state index in [0.29, 0.717) is 29.8 Å². The minimum atomic E-state index is -1.32. The van der Waals surface area contributed by atoms with Crippen LogP contribution in [0.25, 0.3) is 0 Å². The van der Waals surface area contributed by atoms with E-state index in [1.165, 1.54) is 23.9 Å². The Morgan fingerprint density at radius 1 is 1.30 bits per heavy atom. The molecule has 3 amide bonds. The van der Waals surface area contributed by atoms with Crippen LogP contribution in [0, 0.1) is 19.7 Å². The highest BCUT2D eigenvalue weighted by atomic mass is 32.2. The average molecular weight is 472 g/mol. The van der Waals surface area contributed by atoms with E-state index in [1.54, 1.807) is 6.07 Å². The van der Waals surface area contributed by atoms with E-state index in [0.717, 1.165) is 40.6 Å². The van der Waals surface area contributed by atoms with Crippen LogP contribution >= 0.6 is 11.8 Å². The zero-order valence-corrected chi connectivity index (χ0v) is 19.5. The van der Waals surface area contributed by atoms with Crippen molar-refractivity contribution in [2.45, 2.75) is 56.2 Å². The number of fused-ring (bicyclic) bond motifs is 2. The maximum Gasteiger partial charge on any atom is 0.325 e. The summed E-state index contributed by atoms with van der Waals surface area (Å²) >= 11 is 1.52. The molecule has 3 aliphatic rings. The maximum atomic E-state index is 14.0. The van der Waals surface area contributed by atoms with E-state index in [1.807, 2.05) is 19.9 Å². The standard InChI is InChI=1S/C24H26FN3O4S/c1-14-10-18(15(2)27(14)12-17-4-3-8-32-17)20(29)13-28-22(30)24(26-23(28)31)7-9-33-21-6-5-16(25)11-19(21)24/h5-6,10-11,17H,3-4,7-9,12-13H2,1-2H3,(H,26,31)/t17-,24-/m0/s1. The Balaban J connectivity index is 1.39. The summed E-state index contributed by atoms with van der Waals surface area (Å²) in [6.07, 6.45) is 2.51. The molecule has 0 unspecified atom stereocenters. The van der Waals surface area contributed by atoms with Crippen LogP contribution in [0.2, 0.25) is 0 Å². The molecule has 2 saturated heterocycles. The maximum absolute atomic E-state index is 14.0. The van der Waals surface area contributed by atoms with Crippen molar-refractivity contribution in [1.29, 1.82) is 0 Å². The third kappa shape index (κ3) is 3.67. The van der Waals surface area contributed by atoms with Gasteiger partial charge in [0.25, 0.3) is 5.91 Å². The number of ketones is 1. The fourth-order valence-electron chi connectivity index (χ4n) is 5.12. The van der Waals surface area contributed by atoms with Gasteiger partial charge in [0.1, 0.15) is 11.4 Å². The first kappa shape index (κ1) is 22.2. The van der Waals surface area contributed by atoms with Gasteiger partial charge in [0.2, 0.25) is 0 Å². The molecule has 2 atom stereocenters. The summed E-state index contributed by atoms with van der Waals surface area (Å²) in [5.41, 5.74) is 1.38. The monoisotopic (exact) mass is 471 g/mol. The lowest BCUT2D eigenvalue weighted by Crippen LogP contribution is -2.46. The molecule has 1 N–H and O–H groups in total. The predicted octanol–water partition coefficient (Wildman–Crippen LogP) is 3.55. The summed E-state index contributed by atoms with van der Waals surface area (Å²) < 4.78 is 21.8. The Kier molecular flexibility index (Phi) is 5.56. The van der Waals surface area contributed by atoms with Gasteiger partial charge in [-0.05, 0) is 57.4 Å². The minimum absolute atomic E-state index is 0.133. The molecule has 0 radical (unpaired) electrons. The second-order valence-electron chi connectivity index (χ2n) is 8.92. The van der Waals surface area contributed by atoms with E-state index in [2.05, 4.69) is 9.88 Å². The largest absolute Gasteiger partial charge is 0.376 e. The fourth-order valence-corrected chi connectivity index (χ4v) is 6.30. The lowest BCUT2D eigenvalue weighted by atomic mass is 9.86. The molecule has 1 aromatic heterocycles. The van der Waals surface area contributed by atoms with E-state index in [4.69, 9.17) is 4.74 Å². The third-order valence-electron chi connectivity index (χ3n) is 6.90. The molecule has 33 heavy (non-hydrogen) atoms. The molecular formula is C24H26FN3O4S. The zero-order valence-electron chi connectivity index (χ0n) is 18.7. The number of ether oxygens (including phenoxy) is 1. The number of halogens is 1. The number of Topliss-reactive ketones (excluding diaryl/α,β-unsaturated/α-hetero) is 1. The Morgan fingerprint density at radius 2 is 2.12 bits per heavy atom. The normalized spacial score (nSPS) is 24.5. The number of nitrogens with zero attached hydrogens (tertiary/aromatic N) is 2. The number of urea groups is 1. The van der Waals surface area contributed by atoms with E-state index >= 15 is 0 Å². The van der Waals surface area contributed by atoms with Gasteiger partial charge in [0.05, 0.1) is 12.6 Å². The number of hydrogen-bond donors (Lipinski definition) is 1.